The average molecular weight is 459 g/mol. The molecule has 0 N–H and O–H groups in total. The van der Waals surface area contributed by atoms with Gasteiger partial charge in [-0.25, -0.2) is 0 Å². The Morgan fingerprint density at radius 1 is 0.571 bits per heavy atom. The first-order chi connectivity index (χ1) is 17.1. The van der Waals surface area contributed by atoms with Crippen molar-refractivity contribution >= 4 is 43.9 Å². The largest absolute Gasteiger partial charge is 0.496 e. The van der Waals surface area contributed by atoms with E-state index in [0.717, 1.165) is 63.1 Å². The molecule has 2 aliphatic carbocycles. The highest BCUT2D eigenvalue weighted by atomic mass is 16.5. The number of carbonyl (C=O) groups is 2. The van der Waals surface area contributed by atoms with Gasteiger partial charge in [0.25, 0.3) is 0 Å². The maximum absolute atomic E-state index is 13.5. The maximum Gasteiger partial charge on any atom is 0.194 e. The van der Waals surface area contributed by atoms with Crippen LogP contribution in [0.5, 0.6) is 11.5 Å². The lowest BCUT2D eigenvalue weighted by Crippen LogP contribution is -2.20. The molecule has 0 aliphatic heterocycles. The van der Waals surface area contributed by atoms with E-state index < -0.39 is 0 Å². The third-order valence-corrected chi connectivity index (χ3v) is 7.73. The van der Waals surface area contributed by atoms with Gasteiger partial charge in [-0.3, -0.25) is 9.59 Å². The van der Waals surface area contributed by atoms with Crippen LogP contribution in [0.1, 0.15) is 49.4 Å². The van der Waals surface area contributed by atoms with Gasteiger partial charge < -0.3 is 9.47 Å². The quantitative estimate of drug-likeness (QED) is 0.281. The lowest BCUT2D eigenvalue weighted by molar-refractivity contribution is 0.0979. The summed E-state index contributed by atoms with van der Waals surface area (Å²) in [5.74, 6) is 1.57. The van der Waals surface area contributed by atoms with Crippen LogP contribution in [0.2, 0.25) is 0 Å². The van der Waals surface area contributed by atoms with E-state index in [1.165, 1.54) is 11.1 Å². The second kappa shape index (κ2) is 7.16. The van der Waals surface area contributed by atoms with Crippen LogP contribution in [0, 0.1) is 0 Å². The van der Waals surface area contributed by atoms with E-state index in [9.17, 15) is 9.59 Å². The SMILES string of the molecule is COc1ccc2c3cc4c(cc3c3ccc(OC)c5c3c2c1CCC5)C(=O)c1ccccc1C4=O. The smallest absolute Gasteiger partial charge is 0.194 e. The summed E-state index contributed by atoms with van der Waals surface area (Å²) in [5.41, 5.74) is 4.28. The Kier molecular flexibility index (Phi) is 4.13. The van der Waals surface area contributed by atoms with Crippen LogP contribution in [0.15, 0.2) is 60.7 Å². The van der Waals surface area contributed by atoms with Gasteiger partial charge in [-0.2, -0.15) is 0 Å². The summed E-state index contributed by atoms with van der Waals surface area (Å²) in [6.45, 7) is 0. The minimum absolute atomic E-state index is 0.0983. The molecule has 7 rings (SSSR count). The summed E-state index contributed by atoms with van der Waals surface area (Å²) < 4.78 is 11.6. The van der Waals surface area contributed by atoms with Crippen LogP contribution in [-0.4, -0.2) is 25.8 Å². The molecule has 0 saturated carbocycles. The van der Waals surface area contributed by atoms with Crippen molar-refractivity contribution in [2.24, 2.45) is 0 Å². The van der Waals surface area contributed by atoms with Crippen LogP contribution >= 0.6 is 0 Å². The Bertz CT molecular complexity index is 1650. The number of aryl methyl sites for hydroxylation is 2. The molecule has 0 spiro atoms. The summed E-state index contributed by atoms with van der Waals surface area (Å²) in [4.78, 5) is 27.0. The first-order valence-electron chi connectivity index (χ1n) is 11.9. The van der Waals surface area contributed by atoms with Crippen LogP contribution < -0.4 is 9.47 Å². The molecule has 5 aromatic carbocycles. The van der Waals surface area contributed by atoms with E-state index in [0.29, 0.717) is 22.3 Å². The molecule has 35 heavy (non-hydrogen) atoms. The summed E-state index contributed by atoms with van der Waals surface area (Å²) in [6, 6.07) is 19.2. The van der Waals surface area contributed by atoms with Crippen molar-refractivity contribution in [3.8, 4) is 11.5 Å². The van der Waals surface area contributed by atoms with Gasteiger partial charge in [0.15, 0.2) is 11.6 Å². The fraction of sp³-hybridized carbons (Fsp3) is 0.161. The summed E-state index contributed by atoms with van der Waals surface area (Å²) in [5, 5.41) is 6.42. The van der Waals surface area contributed by atoms with Crippen molar-refractivity contribution in [2.45, 2.75) is 19.3 Å². The Hall–Kier alpha value is -4.18. The number of benzene rings is 5. The van der Waals surface area contributed by atoms with Gasteiger partial charge >= 0.3 is 0 Å². The molecule has 4 nitrogen and oxygen atoms in total. The molecule has 0 radical (unpaired) electrons. The summed E-state index contributed by atoms with van der Waals surface area (Å²) in [6.07, 6.45) is 2.78. The first kappa shape index (κ1) is 20.2. The van der Waals surface area contributed by atoms with E-state index in [-0.39, 0.29) is 11.6 Å². The number of carbonyl (C=O) groups excluding carboxylic acids is 2. The Balaban J connectivity index is 1.70. The van der Waals surface area contributed by atoms with Gasteiger partial charge in [-0.1, -0.05) is 36.4 Å². The molecule has 170 valence electrons. The molecule has 0 saturated heterocycles. The highest BCUT2D eigenvalue weighted by Crippen LogP contribution is 2.46. The fourth-order valence-electron chi connectivity index (χ4n) is 6.19. The number of methoxy groups -OCH3 is 2. The minimum atomic E-state index is -0.0983. The average Bonchev–Trinajstić information content (AvgIpc) is 3.11. The summed E-state index contributed by atoms with van der Waals surface area (Å²) in [7, 11) is 3.43. The van der Waals surface area contributed by atoms with Gasteiger partial charge in [0.05, 0.1) is 14.2 Å². The van der Waals surface area contributed by atoms with E-state index in [2.05, 4.69) is 12.1 Å². The Morgan fingerprint density at radius 2 is 1.03 bits per heavy atom. The van der Waals surface area contributed by atoms with Gasteiger partial charge in [0.1, 0.15) is 11.5 Å². The number of hydrogen-bond acceptors (Lipinski definition) is 4. The standard InChI is InChI=1S/C31H22O4/c1-34-26-12-10-16-22-14-24-25(31(33)19-7-4-3-6-18(19)30(24)32)15-23(22)17-11-13-27(35-2)21-9-5-8-20(26)28(16)29(17)21/h3-4,6-7,10-15H,5,8-9H2,1-2H3. The topological polar surface area (TPSA) is 52.6 Å². The van der Waals surface area contributed by atoms with Crippen LogP contribution in [0.3, 0.4) is 0 Å². The van der Waals surface area contributed by atoms with E-state index >= 15 is 0 Å². The number of ketones is 2. The minimum Gasteiger partial charge on any atom is -0.496 e. The predicted molar refractivity (Wildman–Crippen MR) is 137 cm³/mol. The van der Waals surface area contributed by atoms with Gasteiger partial charge in [0.2, 0.25) is 0 Å². The van der Waals surface area contributed by atoms with Gasteiger partial charge in [-0.05, 0) is 75.8 Å². The summed E-state index contributed by atoms with van der Waals surface area (Å²) >= 11 is 0. The monoisotopic (exact) mass is 458 g/mol. The lowest BCUT2D eigenvalue weighted by atomic mass is 9.81. The van der Waals surface area contributed by atoms with Crippen LogP contribution in [-0.2, 0) is 12.8 Å². The number of ether oxygens (including phenoxy) is 2. The van der Waals surface area contributed by atoms with E-state index in [1.54, 1.807) is 26.4 Å². The van der Waals surface area contributed by atoms with Gasteiger partial charge in [0, 0.05) is 33.4 Å². The molecule has 0 aromatic heterocycles. The van der Waals surface area contributed by atoms with Crippen molar-refractivity contribution in [1.29, 1.82) is 0 Å². The molecule has 0 heterocycles. The number of rotatable bonds is 2. The zero-order chi connectivity index (χ0) is 23.8. The van der Waals surface area contributed by atoms with Crippen molar-refractivity contribution in [3.05, 3.63) is 94.0 Å². The molecular weight excluding hydrogens is 436 g/mol. The Labute approximate surface area is 202 Å². The third kappa shape index (κ3) is 2.57. The second-order valence-electron chi connectivity index (χ2n) is 9.34. The van der Waals surface area contributed by atoms with E-state index in [1.807, 2.05) is 36.4 Å². The number of fused-ring (bicyclic) bond motifs is 5. The maximum atomic E-state index is 13.5. The molecular formula is C31H22O4. The van der Waals surface area contributed by atoms with Crippen molar-refractivity contribution in [1.82, 2.24) is 0 Å². The van der Waals surface area contributed by atoms with Gasteiger partial charge in [-0.15, -0.1) is 0 Å². The van der Waals surface area contributed by atoms with Crippen molar-refractivity contribution in [3.63, 3.8) is 0 Å². The molecule has 0 amide bonds. The van der Waals surface area contributed by atoms with Crippen LogP contribution in [0.25, 0.3) is 32.3 Å². The molecule has 4 heteroatoms. The second-order valence-corrected chi connectivity index (χ2v) is 9.34. The molecule has 0 atom stereocenters. The molecule has 2 aliphatic rings. The van der Waals surface area contributed by atoms with Crippen molar-refractivity contribution in [2.75, 3.05) is 14.2 Å². The first-order valence-corrected chi connectivity index (χ1v) is 11.9. The third-order valence-electron chi connectivity index (χ3n) is 7.73. The van der Waals surface area contributed by atoms with E-state index in [4.69, 9.17) is 9.47 Å². The fourth-order valence-corrected chi connectivity index (χ4v) is 6.19. The normalized spacial score (nSPS) is 14.3. The highest BCUT2D eigenvalue weighted by Gasteiger charge is 2.31. The predicted octanol–water partition coefficient (Wildman–Crippen LogP) is 6.43. The molecule has 0 bridgehead atoms. The molecule has 0 unspecified atom stereocenters. The lowest BCUT2D eigenvalue weighted by Gasteiger charge is -2.21. The highest BCUT2D eigenvalue weighted by molar-refractivity contribution is 6.33. The molecule has 0 fully saturated rings. The number of hydrogen-bond donors (Lipinski definition) is 0. The zero-order valence-electron chi connectivity index (χ0n) is 19.5. The molecule has 5 aromatic rings. The zero-order valence-corrected chi connectivity index (χ0v) is 19.5. The Morgan fingerprint density at radius 3 is 1.46 bits per heavy atom. The van der Waals surface area contributed by atoms with Crippen molar-refractivity contribution < 1.29 is 19.1 Å². The van der Waals surface area contributed by atoms with Crippen LogP contribution in [0.4, 0.5) is 0 Å².